The topological polar surface area (TPSA) is 24.9 Å². The molecule has 2 aromatic rings. The molecule has 0 aliphatic rings. The number of hydrogen-bond acceptors (Lipinski definition) is 4. The molecule has 0 bridgehead atoms. The molecular weight excluding hydrogens is 283 g/mol. The maximum absolute atomic E-state index is 5.85. The lowest BCUT2D eigenvalue weighted by molar-refractivity contribution is 0.687. The summed E-state index contributed by atoms with van der Waals surface area (Å²) in [5.74, 6) is 0. The molecule has 0 atom stereocenters. The van der Waals surface area contributed by atoms with Gasteiger partial charge in [-0.3, -0.25) is 0 Å². The molecule has 2 nitrogen and oxygen atoms in total. The van der Waals surface area contributed by atoms with Gasteiger partial charge in [0.25, 0.3) is 0 Å². The van der Waals surface area contributed by atoms with E-state index < -0.39 is 0 Å². The van der Waals surface area contributed by atoms with E-state index in [4.69, 9.17) is 23.2 Å². The molecule has 1 N–H and O–H groups in total. The summed E-state index contributed by atoms with van der Waals surface area (Å²) in [5, 5.41) is 4.35. The first-order valence-corrected chi connectivity index (χ1v) is 7.18. The molecule has 0 aliphatic carbocycles. The van der Waals surface area contributed by atoms with E-state index in [0.29, 0.717) is 0 Å². The standard InChI is InChI=1S/C10H10Cl2N2S2/c11-8-2-1-7(15-8)3-4-13-6-10-14-5-9(12)16-10/h1-2,5,13H,3-4,6H2. The Balaban J connectivity index is 1.69. The largest absolute Gasteiger partial charge is 0.310 e. The lowest BCUT2D eigenvalue weighted by Gasteiger charge is -2.00. The van der Waals surface area contributed by atoms with E-state index in [1.807, 2.05) is 6.07 Å². The van der Waals surface area contributed by atoms with Gasteiger partial charge in [-0.2, -0.15) is 0 Å². The van der Waals surface area contributed by atoms with Gasteiger partial charge in [0.2, 0.25) is 0 Å². The zero-order chi connectivity index (χ0) is 11.4. The van der Waals surface area contributed by atoms with Gasteiger partial charge in [0.15, 0.2) is 0 Å². The zero-order valence-corrected chi connectivity index (χ0v) is 11.5. The minimum Gasteiger partial charge on any atom is -0.310 e. The van der Waals surface area contributed by atoms with Crippen LogP contribution in [0.1, 0.15) is 9.88 Å². The van der Waals surface area contributed by atoms with Crippen molar-refractivity contribution in [3.63, 3.8) is 0 Å². The number of nitrogens with zero attached hydrogens (tertiary/aromatic N) is 1. The lowest BCUT2D eigenvalue weighted by Crippen LogP contribution is -2.15. The predicted molar refractivity (Wildman–Crippen MR) is 71.9 cm³/mol. The third-order valence-corrected chi connectivity index (χ3v) is 4.38. The number of nitrogens with one attached hydrogen (secondary N) is 1. The Morgan fingerprint density at radius 2 is 2.06 bits per heavy atom. The molecule has 0 saturated heterocycles. The third-order valence-electron chi connectivity index (χ3n) is 1.98. The minimum atomic E-state index is 0.738. The molecule has 2 aromatic heterocycles. The second-order valence-electron chi connectivity index (χ2n) is 3.19. The fourth-order valence-electron chi connectivity index (χ4n) is 1.26. The molecule has 86 valence electrons. The fourth-order valence-corrected chi connectivity index (χ4v) is 3.28. The molecule has 0 unspecified atom stereocenters. The van der Waals surface area contributed by atoms with Crippen LogP contribution in [-0.2, 0) is 13.0 Å². The Hall–Kier alpha value is -0.130. The zero-order valence-electron chi connectivity index (χ0n) is 8.37. The average molecular weight is 293 g/mol. The molecule has 2 rings (SSSR count). The molecule has 0 amide bonds. The molecule has 0 aliphatic heterocycles. The van der Waals surface area contributed by atoms with Crippen LogP contribution >= 0.6 is 45.9 Å². The van der Waals surface area contributed by atoms with Crippen molar-refractivity contribution >= 4 is 45.9 Å². The Kier molecular flexibility index (Phi) is 4.61. The first-order valence-electron chi connectivity index (χ1n) is 4.79. The summed E-state index contributed by atoms with van der Waals surface area (Å²) in [5.41, 5.74) is 0. The number of rotatable bonds is 5. The van der Waals surface area contributed by atoms with Crippen LogP contribution in [-0.4, -0.2) is 11.5 Å². The molecule has 6 heteroatoms. The molecule has 0 spiro atoms. The summed E-state index contributed by atoms with van der Waals surface area (Å²) in [6.07, 6.45) is 2.68. The smallest absolute Gasteiger partial charge is 0.113 e. The monoisotopic (exact) mass is 292 g/mol. The summed E-state index contributed by atoms with van der Waals surface area (Å²) in [6.45, 7) is 1.70. The van der Waals surface area contributed by atoms with E-state index in [-0.39, 0.29) is 0 Å². The Morgan fingerprint density at radius 1 is 1.19 bits per heavy atom. The average Bonchev–Trinajstić information content (AvgIpc) is 2.83. The van der Waals surface area contributed by atoms with Crippen LogP contribution in [0.3, 0.4) is 0 Å². The lowest BCUT2D eigenvalue weighted by atomic mass is 10.3. The highest BCUT2D eigenvalue weighted by atomic mass is 35.5. The molecule has 0 radical (unpaired) electrons. The van der Waals surface area contributed by atoms with Crippen LogP contribution in [0, 0.1) is 0 Å². The number of halogens is 2. The van der Waals surface area contributed by atoms with Crippen molar-refractivity contribution in [1.82, 2.24) is 10.3 Å². The molecule has 0 saturated carbocycles. The highest BCUT2D eigenvalue weighted by Crippen LogP contribution is 2.21. The van der Waals surface area contributed by atoms with Crippen molar-refractivity contribution in [2.24, 2.45) is 0 Å². The summed E-state index contributed by atoms with van der Waals surface area (Å²) >= 11 is 14.8. The van der Waals surface area contributed by atoms with E-state index in [1.165, 1.54) is 16.2 Å². The molecule has 2 heterocycles. The normalized spacial score (nSPS) is 10.9. The van der Waals surface area contributed by atoms with Crippen LogP contribution in [0.15, 0.2) is 18.3 Å². The Labute approximate surface area is 112 Å². The minimum absolute atomic E-state index is 0.738. The van der Waals surface area contributed by atoms with Gasteiger partial charge >= 0.3 is 0 Å². The van der Waals surface area contributed by atoms with E-state index in [2.05, 4.69) is 16.4 Å². The summed E-state index contributed by atoms with van der Waals surface area (Å²) in [6, 6.07) is 4.00. The first kappa shape index (κ1) is 12.3. The van der Waals surface area contributed by atoms with Gasteiger partial charge in [0, 0.05) is 18.0 Å². The van der Waals surface area contributed by atoms with E-state index in [9.17, 15) is 0 Å². The van der Waals surface area contributed by atoms with Crippen LogP contribution in [0.5, 0.6) is 0 Å². The number of aromatic nitrogens is 1. The van der Waals surface area contributed by atoms with Gasteiger partial charge in [-0.15, -0.1) is 22.7 Å². The predicted octanol–water partition coefficient (Wildman–Crippen LogP) is 3.84. The molecule has 0 fully saturated rings. The highest BCUT2D eigenvalue weighted by molar-refractivity contribution is 7.16. The van der Waals surface area contributed by atoms with Gasteiger partial charge < -0.3 is 5.32 Å². The second-order valence-corrected chi connectivity index (χ2v) is 6.74. The molecule has 0 aromatic carbocycles. The second kappa shape index (κ2) is 5.98. The van der Waals surface area contributed by atoms with Crippen molar-refractivity contribution in [1.29, 1.82) is 0 Å². The van der Waals surface area contributed by atoms with Crippen LogP contribution in [0.25, 0.3) is 0 Å². The van der Waals surface area contributed by atoms with Crippen LogP contribution in [0.2, 0.25) is 8.67 Å². The quantitative estimate of drug-likeness (QED) is 0.847. The van der Waals surface area contributed by atoms with E-state index in [0.717, 1.165) is 33.2 Å². The van der Waals surface area contributed by atoms with Crippen molar-refractivity contribution in [3.05, 3.63) is 36.9 Å². The maximum atomic E-state index is 5.85. The number of thiophene rings is 1. The SMILES string of the molecule is Clc1ccc(CCNCc2ncc(Cl)s2)s1. The van der Waals surface area contributed by atoms with Gasteiger partial charge in [0.05, 0.1) is 10.5 Å². The van der Waals surface area contributed by atoms with E-state index >= 15 is 0 Å². The van der Waals surface area contributed by atoms with Crippen molar-refractivity contribution < 1.29 is 0 Å². The third kappa shape index (κ3) is 3.71. The van der Waals surface area contributed by atoms with Crippen molar-refractivity contribution in [2.75, 3.05) is 6.54 Å². The van der Waals surface area contributed by atoms with Crippen LogP contribution in [0.4, 0.5) is 0 Å². The Bertz CT molecular complexity index is 411. The van der Waals surface area contributed by atoms with Gasteiger partial charge in [0.1, 0.15) is 9.34 Å². The summed E-state index contributed by atoms with van der Waals surface area (Å²) < 4.78 is 1.59. The van der Waals surface area contributed by atoms with Gasteiger partial charge in [-0.25, -0.2) is 4.98 Å². The van der Waals surface area contributed by atoms with Gasteiger partial charge in [-0.05, 0) is 18.6 Å². The van der Waals surface area contributed by atoms with Crippen LogP contribution < -0.4 is 5.32 Å². The molecule has 16 heavy (non-hydrogen) atoms. The first-order chi connectivity index (χ1) is 7.74. The van der Waals surface area contributed by atoms with Crippen molar-refractivity contribution in [3.8, 4) is 0 Å². The number of thiazole rings is 1. The van der Waals surface area contributed by atoms with Gasteiger partial charge in [-0.1, -0.05) is 23.2 Å². The molecular formula is C10H10Cl2N2S2. The fraction of sp³-hybridized carbons (Fsp3) is 0.300. The van der Waals surface area contributed by atoms with Crippen molar-refractivity contribution in [2.45, 2.75) is 13.0 Å². The summed E-state index contributed by atoms with van der Waals surface area (Å²) in [4.78, 5) is 5.47. The number of hydrogen-bond donors (Lipinski definition) is 1. The van der Waals surface area contributed by atoms with E-state index in [1.54, 1.807) is 17.5 Å². The summed E-state index contributed by atoms with van der Waals surface area (Å²) in [7, 11) is 0. The Morgan fingerprint density at radius 3 is 2.69 bits per heavy atom. The maximum Gasteiger partial charge on any atom is 0.113 e. The highest BCUT2D eigenvalue weighted by Gasteiger charge is 2.00.